The molecule has 1 aliphatic heterocycles. The lowest BCUT2D eigenvalue weighted by atomic mass is 9.47. The highest BCUT2D eigenvalue weighted by Crippen LogP contribution is 2.61. The van der Waals surface area contributed by atoms with Crippen LogP contribution in [0.15, 0.2) is 30.5 Å². The number of rotatable bonds is 8. The van der Waals surface area contributed by atoms with E-state index in [1.165, 1.54) is 43.7 Å². The average molecular weight is 529 g/mol. The number of β-amino-alcohol motifs (C(OH)–C–C–N with tert-alkyl or cyclic N) is 1. The third kappa shape index (κ3) is 4.99. The number of nitrogens with one attached hydrogen (secondary N) is 2. The first-order valence-corrected chi connectivity index (χ1v) is 13.2. The largest absolute Gasteiger partial charge is 0.573 e. The number of aliphatic hydroxyl groups excluding tert-OH is 1. The number of nitriles is 1. The smallest absolute Gasteiger partial charge is 0.405 e. The summed E-state index contributed by atoms with van der Waals surface area (Å²) in [6.07, 6.45) is 2.44. The maximum absolute atomic E-state index is 12.8. The lowest BCUT2D eigenvalue weighted by Crippen LogP contribution is -2.66. The van der Waals surface area contributed by atoms with E-state index < -0.39 is 6.36 Å². The first-order chi connectivity index (χ1) is 18.2. The zero-order chi connectivity index (χ0) is 26.5. The molecule has 1 aromatic heterocycles. The second-order valence-electron chi connectivity index (χ2n) is 11.5. The van der Waals surface area contributed by atoms with Crippen LogP contribution in [0, 0.1) is 34.5 Å². The van der Waals surface area contributed by atoms with Crippen LogP contribution in [0.4, 0.5) is 24.9 Å². The van der Waals surface area contributed by atoms with Crippen LogP contribution in [0.2, 0.25) is 0 Å². The third-order valence-electron chi connectivity index (χ3n) is 8.84. The first kappa shape index (κ1) is 25.2. The van der Waals surface area contributed by atoms with Gasteiger partial charge in [-0.3, -0.25) is 4.90 Å². The van der Waals surface area contributed by atoms with Crippen LogP contribution < -0.4 is 15.4 Å². The number of nitrogens with zero attached hydrogens (tertiary/aromatic N) is 4. The van der Waals surface area contributed by atoms with Crippen LogP contribution in [0.25, 0.3) is 0 Å². The average Bonchev–Trinajstić information content (AvgIpc) is 2.84. The van der Waals surface area contributed by atoms with Gasteiger partial charge in [-0.1, -0.05) is 18.2 Å². The molecule has 1 aromatic carbocycles. The Hall–Kier alpha value is -3.10. The Labute approximate surface area is 219 Å². The predicted molar refractivity (Wildman–Crippen MR) is 133 cm³/mol. The van der Waals surface area contributed by atoms with E-state index in [1.807, 2.05) is 0 Å². The SMILES string of the molecule is N#Cc1cnc(NCc2ccccc2OC(F)(F)F)nc1NCC12CC3C[C@H](C1)[C@H](N1CC(O)C1)[C@@H](C3)C2. The van der Waals surface area contributed by atoms with E-state index in [-0.39, 0.29) is 29.8 Å². The number of alkyl halides is 3. The number of ether oxygens (including phenoxy) is 1. The minimum absolute atomic E-state index is 0.0269. The fourth-order valence-corrected chi connectivity index (χ4v) is 7.71. The van der Waals surface area contributed by atoms with Crippen molar-refractivity contribution in [1.29, 1.82) is 5.26 Å². The van der Waals surface area contributed by atoms with E-state index in [0.29, 0.717) is 34.8 Å². The van der Waals surface area contributed by atoms with Crippen molar-refractivity contribution in [2.75, 3.05) is 30.3 Å². The Balaban J connectivity index is 1.13. The number of halogens is 3. The normalized spacial score (nSPS) is 30.5. The van der Waals surface area contributed by atoms with E-state index in [2.05, 4.69) is 36.3 Å². The van der Waals surface area contributed by atoms with Crippen molar-refractivity contribution < 1.29 is 23.0 Å². The number of aliphatic hydroxyl groups is 1. The van der Waals surface area contributed by atoms with Crippen molar-refractivity contribution in [3.63, 3.8) is 0 Å². The van der Waals surface area contributed by atoms with Gasteiger partial charge < -0.3 is 20.5 Å². The van der Waals surface area contributed by atoms with E-state index in [9.17, 15) is 23.5 Å². The van der Waals surface area contributed by atoms with E-state index in [1.54, 1.807) is 6.07 Å². The topological polar surface area (TPSA) is 106 Å². The molecule has 1 saturated heterocycles. The highest BCUT2D eigenvalue weighted by molar-refractivity contribution is 5.53. The molecule has 202 valence electrons. The standard InChI is InChI=1S/C27H31F3N6O2/c28-27(29,30)38-22-4-2-1-3-17(22)11-32-25-33-12-20(10-31)24(35-25)34-15-26-7-16-5-18(8-26)23(19(6-16)9-26)36-13-21(37)14-36/h1-4,12,16,18-19,21,23,37H,5-9,11,13-15H2,(H2,32,33,34,35)/t16?,18-,19+,23+,26?. The lowest BCUT2D eigenvalue weighted by molar-refractivity contribution is -0.274. The zero-order valence-electron chi connectivity index (χ0n) is 20.9. The van der Waals surface area contributed by atoms with Crippen LogP contribution in [0.3, 0.4) is 0 Å². The van der Waals surface area contributed by atoms with Gasteiger partial charge in [-0.25, -0.2) is 4.98 Å². The van der Waals surface area contributed by atoms with Crippen LogP contribution >= 0.6 is 0 Å². The quantitative estimate of drug-likeness (QED) is 0.470. The number of hydrogen-bond acceptors (Lipinski definition) is 8. The zero-order valence-corrected chi connectivity index (χ0v) is 20.9. The molecule has 11 heteroatoms. The van der Waals surface area contributed by atoms with Crippen molar-refractivity contribution in [3.05, 3.63) is 41.6 Å². The maximum atomic E-state index is 12.8. The monoisotopic (exact) mass is 528 g/mol. The van der Waals surface area contributed by atoms with E-state index >= 15 is 0 Å². The Morgan fingerprint density at radius 1 is 1.13 bits per heavy atom. The summed E-state index contributed by atoms with van der Waals surface area (Å²) in [5.74, 6) is 2.39. The minimum Gasteiger partial charge on any atom is -0.405 e. The third-order valence-corrected chi connectivity index (χ3v) is 8.84. The summed E-state index contributed by atoms with van der Waals surface area (Å²) in [5, 5.41) is 25.9. The Morgan fingerprint density at radius 2 is 1.87 bits per heavy atom. The Bertz CT molecular complexity index is 1210. The number of para-hydroxylation sites is 1. The molecule has 5 fully saturated rings. The van der Waals surface area contributed by atoms with E-state index in [0.717, 1.165) is 38.4 Å². The lowest BCUT2D eigenvalue weighted by Gasteiger charge is -2.63. The fraction of sp³-hybridized carbons (Fsp3) is 0.593. The molecule has 4 aliphatic carbocycles. The van der Waals surface area contributed by atoms with Gasteiger partial charge in [0.1, 0.15) is 23.2 Å². The molecule has 8 nitrogen and oxygen atoms in total. The summed E-state index contributed by atoms with van der Waals surface area (Å²) in [6, 6.07) is 8.63. The summed E-state index contributed by atoms with van der Waals surface area (Å²) in [6.45, 7) is 2.34. The summed E-state index contributed by atoms with van der Waals surface area (Å²) in [7, 11) is 0. The molecule has 2 unspecified atom stereocenters. The van der Waals surface area contributed by atoms with Crippen molar-refractivity contribution >= 4 is 11.8 Å². The molecule has 7 rings (SSSR count). The molecule has 2 heterocycles. The summed E-state index contributed by atoms with van der Waals surface area (Å²) in [4.78, 5) is 11.2. The van der Waals surface area contributed by atoms with Gasteiger partial charge in [0.15, 0.2) is 0 Å². The Kier molecular flexibility index (Phi) is 6.35. The van der Waals surface area contributed by atoms with Gasteiger partial charge in [-0.2, -0.15) is 10.2 Å². The molecule has 38 heavy (non-hydrogen) atoms. The predicted octanol–water partition coefficient (Wildman–Crippen LogP) is 4.14. The number of anilines is 2. The molecule has 0 amide bonds. The molecule has 5 atom stereocenters. The maximum Gasteiger partial charge on any atom is 0.573 e. The minimum atomic E-state index is -4.79. The molecule has 5 aliphatic rings. The highest BCUT2D eigenvalue weighted by atomic mass is 19.4. The number of aromatic nitrogens is 2. The summed E-state index contributed by atoms with van der Waals surface area (Å²) >= 11 is 0. The van der Waals surface area contributed by atoms with Gasteiger partial charge in [-0.15, -0.1) is 13.2 Å². The van der Waals surface area contributed by atoms with Gasteiger partial charge in [0.25, 0.3) is 0 Å². The van der Waals surface area contributed by atoms with Gasteiger partial charge >= 0.3 is 6.36 Å². The molecular weight excluding hydrogens is 497 g/mol. The van der Waals surface area contributed by atoms with Crippen molar-refractivity contribution in [1.82, 2.24) is 14.9 Å². The second-order valence-corrected chi connectivity index (χ2v) is 11.5. The number of likely N-dealkylation sites (tertiary alicyclic amines) is 1. The van der Waals surface area contributed by atoms with Crippen LogP contribution in [-0.4, -0.2) is 58.1 Å². The first-order valence-electron chi connectivity index (χ1n) is 13.2. The molecule has 4 bridgehead atoms. The van der Waals surface area contributed by atoms with E-state index in [4.69, 9.17) is 0 Å². The summed E-state index contributed by atoms with van der Waals surface area (Å²) < 4.78 is 42.4. The summed E-state index contributed by atoms with van der Waals surface area (Å²) in [5.41, 5.74) is 0.800. The number of benzene rings is 1. The molecule has 3 N–H and O–H groups in total. The van der Waals surface area contributed by atoms with Crippen LogP contribution in [0.5, 0.6) is 5.75 Å². The molecular formula is C27H31F3N6O2. The Morgan fingerprint density at radius 3 is 2.55 bits per heavy atom. The second kappa shape index (κ2) is 9.58. The molecule has 2 aromatic rings. The van der Waals surface area contributed by atoms with Crippen LogP contribution in [0.1, 0.15) is 43.2 Å². The van der Waals surface area contributed by atoms with Gasteiger partial charge in [0.05, 0.1) is 12.3 Å². The van der Waals surface area contributed by atoms with Crippen molar-refractivity contribution in [3.8, 4) is 11.8 Å². The highest BCUT2D eigenvalue weighted by Gasteiger charge is 2.57. The van der Waals surface area contributed by atoms with Gasteiger partial charge in [-0.05, 0) is 61.3 Å². The number of hydrogen-bond donors (Lipinski definition) is 3. The molecule has 0 spiro atoms. The van der Waals surface area contributed by atoms with Gasteiger partial charge in [0, 0.05) is 37.8 Å². The van der Waals surface area contributed by atoms with Gasteiger partial charge in [0.2, 0.25) is 5.95 Å². The molecule has 4 saturated carbocycles. The van der Waals surface area contributed by atoms with Crippen molar-refractivity contribution in [2.45, 2.75) is 57.2 Å². The molecule has 0 radical (unpaired) electrons. The van der Waals surface area contributed by atoms with Crippen molar-refractivity contribution in [2.24, 2.45) is 23.2 Å². The fourth-order valence-electron chi connectivity index (χ4n) is 7.71. The van der Waals surface area contributed by atoms with Crippen LogP contribution in [-0.2, 0) is 6.54 Å².